The average molecular weight is 880 g/mol. The number of phenolic OH excluding ortho intramolecular Hbond substituents is 2. The first-order chi connectivity index (χ1) is 26.7. The lowest BCUT2D eigenvalue weighted by molar-refractivity contribution is 0.0685. The zero-order chi connectivity index (χ0) is 42.2. The predicted molar refractivity (Wildman–Crippen MR) is 212 cm³/mol. The quantitative estimate of drug-likeness (QED) is 0.0625. The summed E-state index contributed by atoms with van der Waals surface area (Å²) < 4.78 is 76.3. The first-order valence-corrected chi connectivity index (χ1v) is 20.2. The number of carbonyl (C=O) groups is 2. The maximum Gasteiger partial charge on any atom is 0.335 e. The minimum Gasteiger partial charge on any atom is -0.505 e. The van der Waals surface area contributed by atoms with Crippen molar-refractivity contribution >= 4 is 76.3 Å². The minimum absolute atomic E-state index is 0.186. The molecule has 0 radical (unpaired) electrons. The van der Waals surface area contributed by atoms with E-state index in [-0.39, 0.29) is 22.8 Å². The number of nitrogens with two attached hydrogens (primary N) is 1. The number of hydrogen-bond donors (Lipinski definition) is 6. The van der Waals surface area contributed by atoms with Crippen LogP contribution in [0, 0.1) is 11.6 Å². The molecule has 0 aliphatic heterocycles. The second-order valence-corrected chi connectivity index (χ2v) is 16.4. The van der Waals surface area contributed by atoms with E-state index in [1.165, 1.54) is 18.2 Å². The van der Waals surface area contributed by atoms with Crippen molar-refractivity contribution in [2.24, 2.45) is 0 Å². The van der Waals surface area contributed by atoms with Gasteiger partial charge in [-0.15, -0.1) is 0 Å². The lowest BCUT2D eigenvalue weighted by Crippen LogP contribution is -2.15. The number of nitrogens with one attached hydrogen (secondary N) is 1. The number of anilines is 2. The summed E-state index contributed by atoms with van der Waals surface area (Å²) in [6.07, 6.45) is 0. The second-order valence-electron chi connectivity index (χ2n) is 11.4. The van der Waals surface area contributed by atoms with E-state index in [0.717, 1.165) is 47.0 Å². The summed E-state index contributed by atoms with van der Waals surface area (Å²) in [5.74, 6) is -5.63. The molecule has 296 valence electrons. The molecule has 0 saturated carbocycles. The zero-order valence-corrected chi connectivity index (χ0v) is 32.5. The van der Waals surface area contributed by atoms with E-state index in [9.17, 15) is 45.4 Å². The Bertz CT molecular complexity index is 2690. The molecule has 0 aliphatic rings. The number of phenols is 2. The number of aromatic carboxylic acids is 2. The number of hydrogen-bond acceptors (Lipinski definition) is 9. The van der Waals surface area contributed by atoms with Crippen molar-refractivity contribution < 1.29 is 55.6 Å². The molecule has 12 nitrogen and oxygen atoms in total. The Kier molecular flexibility index (Phi) is 14.1. The van der Waals surface area contributed by atoms with Gasteiger partial charge in [-0.05, 0) is 70.8 Å². The molecular weight excluding hydrogens is 853 g/mol. The monoisotopic (exact) mass is 878 g/mol. The van der Waals surface area contributed by atoms with E-state index in [4.69, 9.17) is 49.8 Å². The number of sulfonamides is 1. The van der Waals surface area contributed by atoms with Gasteiger partial charge in [0.1, 0.15) is 21.4 Å². The largest absolute Gasteiger partial charge is 0.505 e. The van der Waals surface area contributed by atoms with Gasteiger partial charge < -0.3 is 26.2 Å². The number of aromatic hydroxyl groups is 2. The fourth-order valence-corrected chi connectivity index (χ4v) is 7.47. The predicted octanol–water partition coefficient (Wildman–Crippen LogP) is 9.10. The Balaban J connectivity index is 0.000000209. The normalized spacial score (nSPS) is 11.0. The van der Waals surface area contributed by atoms with Crippen molar-refractivity contribution in [1.82, 2.24) is 0 Å². The van der Waals surface area contributed by atoms with Crippen LogP contribution in [0.2, 0.25) is 10.0 Å². The van der Waals surface area contributed by atoms with E-state index in [1.807, 2.05) is 35.1 Å². The third-order valence-corrected chi connectivity index (χ3v) is 10.8. The molecule has 0 spiro atoms. The molecule has 7 N–H and O–H groups in total. The molecule has 0 fully saturated rings. The molecule has 0 amide bonds. The van der Waals surface area contributed by atoms with Crippen LogP contribution in [0.15, 0.2) is 131 Å². The molecule has 0 aliphatic carbocycles. The topological polar surface area (TPSA) is 221 Å². The van der Waals surface area contributed by atoms with Gasteiger partial charge in [-0.2, -0.15) is 0 Å². The number of benzene rings is 6. The summed E-state index contributed by atoms with van der Waals surface area (Å²) in [6, 6.07) is 30.6. The van der Waals surface area contributed by atoms with E-state index in [1.54, 1.807) is 42.5 Å². The summed E-state index contributed by atoms with van der Waals surface area (Å²) in [7, 11) is -3.80. The van der Waals surface area contributed by atoms with Crippen LogP contribution in [-0.2, 0) is 19.1 Å². The third-order valence-electron chi connectivity index (χ3n) is 7.52. The third kappa shape index (κ3) is 11.3. The Morgan fingerprint density at radius 2 is 1.00 bits per heavy atom. The SMILES string of the molecule is Nc1cc(-c2ccccc2)ccc1F.O=C(O)c1cc(Cl)c(O)c(S(=O)(=O)Cl)c1.O=C(O)c1cc(Cl)c(O)c(S(=O)(=O)Nc2cc(-c3ccccc3)ccc2F)c1. The fraction of sp³-hybridized carbons (Fsp3) is 0. The van der Waals surface area contributed by atoms with Gasteiger partial charge in [-0.3, -0.25) is 4.72 Å². The molecular formula is C38H27Cl3F2N2O10S2. The smallest absolute Gasteiger partial charge is 0.335 e. The maximum absolute atomic E-state index is 14.2. The fourth-order valence-electron chi connectivity index (χ4n) is 4.75. The number of carboxylic acids is 2. The molecule has 0 atom stereocenters. The van der Waals surface area contributed by atoms with Crippen LogP contribution in [-0.4, -0.2) is 49.2 Å². The van der Waals surface area contributed by atoms with Gasteiger partial charge in [0.15, 0.2) is 11.5 Å². The zero-order valence-electron chi connectivity index (χ0n) is 28.6. The van der Waals surface area contributed by atoms with E-state index in [0.29, 0.717) is 5.56 Å². The maximum atomic E-state index is 14.2. The molecule has 6 rings (SSSR count). The van der Waals surface area contributed by atoms with Gasteiger partial charge in [0.25, 0.3) is 19.1 Å². The van der Waals surface area contributed by atoms with Gasteiger partial charge in [0.05, 0.1) is 32.5 Å². The van der Waals surface area contributed by atoms with E-state index < -0.39 is 73.7 Å². The number of nitrogen functional groups attached to an aromatic ring is 1. The van der Waals surface area contributed by atoms with Crippen LogP contribution in [0.25, 0.3) is 22.3 Å². The molecule has 6 aromatic carbocycles. The molecule has 0 saturated heterocycles. The van der Waals surface area contributed by atoms with Gasteiger partial charge in [0, 0.05) is 10.7 Å². The minimum atomic E-state index is -4.53. The van der Waals surface area contributed by atoms with Gasteiger partial charge in [0.2, 0.25) is 0 Å². The second kappa shape index (κ2) is 18.4. The standard InChI is InChI=1S/C19H13ClFNO5S.C12H10FN.C7H4Cl2O5S/c20-14-8-13(19(24)25)10-17(18(14)23)28(26,27)22-16-9-12(6-7-15(16)21)11-4-2-1-3-5-11;13-11-7-6-10(8-12(11)14)9-4-2-1-3-5-9;8-4-1-3(7(11)12)2-5(6(4)10)15(9,13)14/h1-10,22-23H,(H,24,25);1-8H,14H2;1-2,10H,(H,11,12). The highest BCUT2D eigenvalue weighted by molar-refractivity contribution is 8.13. The number of carboxylic acid groups (broad SMARTS) is 2. The Hall–Kier alpha value is -5.91. The number of rotatable bonds is 8. The van der Waals surface area contributed by atoms with Crippen LogP contribution in [0.1, 0.15) is 20.7 Å². The van der Waals surface area contributed by atoms with Crippen molar-refractivity contribution in [3.63, 3.8) is 0 Å². The van der Waals surface area contributed by atoms with Crippen molar-refractivity contribution in [3.8, 4) is 33.8 Å². The van der Waals surface area contributed by atoms with Crippen molar-refractivity contribution in [1.29, 1.82) is 0 Å². The van der Waals surface area contributed by atoms with Crippen molar-refractivity contribution in [2.75, 3.05) is 10.5 Å². The van der Waals surface area contributed by atoms with Crippen LogP contribution in [0.3, 0.4) is 0 Å². The Labute approximate surface area is 338 Å². The summed E-state index contributed by atoms with van der Waals surface area (Å²) in [6.45, 7) is 0. The van der Waals surface area contributed by atoms with Crippen molar-refractivity contribution in [2.45, 2.75) is 9.79 Å². The lowest BCUT2D eigenvalue weighted by atomic mass is 10.1. The molecule has 6 aromatic rings. The number of halogens is 5. The average Bonchev–Trinajstić information content (AvgIpc) is 3.16. The van der Waals surface area contributed by atoms with Gasteiger partial charge in [-0.25, -0.2) is 35.2 Å². The molecule has 0 bridgehead atoms. The lowest BCUT2D eigenvalue weighted by Gasteiger charge is -2.13. The van der Waals surface area contributed by atoms with Crippen LogP contribution in [0.5, 0.6) is 11.5 Å². The van der Waals surface area contributed by atoms with Crippen LogP contribution >= 0.6 is 33.9 Å². The Morgan fingerprint density at radius 1 is 0.579 bits per heavy atom. The summed E-state index contributed by atoms with van der Waals surface area (Å²) >= 11 is 11.2. The van der Waals surface area contributed by atoms with Gasteiger partial charge >= 0.3 is 11.9 Å². The van der Waals surface area contributed by atoms with Crippen molar-refractivity contribution in [3.05, 3.63) is 154 Å². The summed E-state index contributed by atoms with van der Waals surface area (Å²) in [4.78, 5) is 20.2. The Morgan fingerprint density at radius 3 is 1.44 bits per heavy atom. The summed E-state index contributed by atoms with van der Waals surface area (Å²) in [5.41, 5.74) is 7.76. The van der Waals surface area contributed by atoms with E-state index in [2.05, 4.69) is 0 Å². The molecule has 19 heteroatoms. The highest BCUT2D eigenvalue weighted by Gasteiger charge is 2.25. The summed E-state index contributed by atoms with van der Waals surface area (Å²) in [5, 5.41) is 36.1. The first kappa shape index (κ1) is 43.8. The molecule has 0 heterocycles. The highest BCUT2D eigenvalue weighted by atomic mass is 35.7. The highest BCUT2D eigenvalue weighted by Crippen LogP contribution is 2.36. The van der Waals surface area contributed by atoms with Crippen LogP contribution < -0.4 is 10.5 Å². The van der Waals surface area contributed by atoms with E-state index >= 15 is 0 Å². The molecule has 57 heavy (non-hydrogen) atoms. The van der Waals surface area contributed by atoms with Gasteiger partial charge in [-0.1, -0.05) is 96.0 Å². The van der Waals surface area contributed by atoms with Crippen LogP contribution in [0.4, 0.5) is 20.2 Å². The first-order valence-electron chi connectivity index (χ1n) is 15.6. The molecule has 0 unspecified atom stereocenters. The molecule has 0 aromatic heterocycles.